The van der Waals surface area contributed by atoms with Crippen molar-refractivity contribution >= 4 is 10.4 Å². The fourth-order valence-corrected chi connectivity index (χ4v) is 1.02. The van der Waals surface area contributed by atoms with Gasteiger partial charge in [-0.1, -0.05) is 0 Å². The molecule has 0 saturated carbocycles. The first kappa shape index (κ1) is 5.28. The van der Waals surface area contributed by atoms with E-state index >= 15 is 0 Å². The molecule has 1 saturated heterocycles. The molecule has 0 radical (unpaired) electrons. The topological polar surface area (TPSA) is 12.5 Å². The molecule has 1 aliphatic heterocycles. The van der Waals surface area contributed by atoms with E-state index in [2.05, 4.69) is 4.57 Å². The van der Waals surface area contributed by atoms with Gasteiger partial charge in [0.05, 0.1) is 23.6 Å². The zero-order chi connectivity index (χ0) is 5.11. The molecule has 0 aliphatic carbocycles. The normalized spacial score (nSPS) is 25.7. The summed E-state index contributed by atoms with van der Waals surface area (Å²) in [7, 11) is 1.20. The van der Waals surface area contributed by atoms with Crippen molar-refractivity contribution in [2.75, 3.05) is 26.3 Å². The largest absolute Gasteiger partial charge is 0.379 e. The molecule has 0 N–H and O–H groups in total. The summed E-state index contributed by atoms with van der Waals surface area (Å²) < 4.78 is 7.53. The van der Waals surface area contributed by atoms with Gasteiger partial charge in [0, 0.05) is 13.1 Å². The third kappa shape index (κ3) is 1.59. The molecule has 0 spiro atoms. The van der Waals surface area contributed by atoms with Crippen LogP contribution in [-0.2, 0) is 4.74 Å². The van der Waals surface area contributed by atoms with Crippen LogP contribution in [0.15, 0.2) is 0 Å². The first-order valence-corrected chi connectivity index (χ1v) is 3.55. The van der Waals surface area contributed by atoms with Crippen LogP contribution in [-0.4, -0.2) is 41.3 Å². The summed E-state index contributed by atoms with van der Waals surface area (Å²) in [5.74, 6) is 0. The van der Waals surface area contributed by atoms with Gasteiger partial charge in [-0.15, -0.1) is 0 Å². The van der Waals surface area contributed by atoms with Crippen molar-refractivity contribution in [3.8, 4) is 0 Å². The van der Waals surface area contributed by atoms with Crippen molar-refractivity contribution in [1.82, 2.24) is 4.57 Å². The summed E-state index contributed by atoms with van der Waals surface area (Å²) in [4.78, 5) is 0. The highest BCUT2D eigenvalue weighted by Gasteiger charge is 2.01. The third-order valence-corrected chi connectivity index (χ3v) is 2.13. The molecule has 0 unspecified atom stereocenters. The molecule has 7 heavy (non-hydrogen) atoms. The van der Waals surface area contributed by atoms with E-state index < -0.39 is 0 Å². The van der Waals surface area contributed by atoms with Crippen LogP contribution in [0.25, 0.3) is 0 Å². The second kappa shape index (κ2) is 2.45. The number of rotatable bonds is 0. The summed E-state index contributed by atoms with van der Waals surface area (Å²) in [5.41, 5.74) is 0. The molecule has 1 aliphatic rings. The Kier molecular flexibility index (Phi) is 1.84. The van der Waals surface area contributed by atoms with Crippen LogP contribution in [0.3, 0.4) is 0 Å². The molecule has 2 nitrogen and oxygen atoms in total. The highest BCUT2D eigenvalue weighted by Crippen LogP contribution is 1.88. The molecule has 0 bridgehead atoms. The van der Waals surface area contributed by atoms with Gasteiger partial charge >= 0.3 is 0 Å². The van der Waals surface area contributed by atoms with E-state index in [-0.39, 0.29) is 0 Å². The first-order valence-electron chi connectivity index (χ1n) is 2.66. The number of ether oxygens (including phenoxy) is 1. The predicted octanol–water partition coefficient (Wildman–Crippen LogP) is -1.40. The van der Waals surface area contributed by atoms with Crippen LogP contribution in [0.5, 0.6) is 0 Å². The van der Waals surface area contributed by atoms with Crippen LogP contribution < -0.4 is 0 Å². The van der Waals surface area contributed by atoms with E-state index in [4.69, 9.17) is 4.74 Å². The molecule has 1 rings (SSSR count). The van der Waals surface area contributed by atoms with Gasteiger partial charge < -0.3 is 9.30 Å². The summed E-state index contributed by atoms with van der Waals surface area (Å²) in [5, 5.41) is 0. The first-order chi connectivity index (χ1) is 3.39. The quantitative estimate of drug-likeness (QED) is 0.362. The number of hydrogen-bond donors (Lipinski definition) is 0. The molecule has 0 atom stereocenters. The lowest BCUT2D eigenvalue weighted by Gasteiger charge is -2.21. The summed E-state index contributed by atoms with van der Waals surface area (Å²) in [6.07, 6.45) is 0. The van der Waals surface area contributed by atoms with E-state index in [1.54, 1.807) is 0 Å². The average molecular weight is 117 g/mol. The maximum Gasteiger partial charge on any atom is 0.0786 e. The molecule has 0 aromatic heterocycles. The Morgan fingerprint density at radius 1 is 1.29 bits per heavy atom. The SMILES string of the molecule is [SiH3]N1CCOCC1. The smallest absolute Gasteiger partial charge is 0.0786 e. The number of morpholine rings is 1. The molecule has 42 valence electrons. The van der Waals surface area contributed by atoms with Crippen molar-refractivity contribution in [1.29, 1.82) is 0 Å². The van der Waals surface area contributed by atoms with Gasteiger partial charge in [-0.2, -0.15) is 0 Å². The minimum Gasteiger partial charge on any atom is -0.379 e. The van der Waals surface area contributed by atoms with Crippen molar-refractivity contribution in [2.24, 2.45) is 0 Å². The molecule has 1 fully saturated rings. The van der Waals surface area contributed by atoms with Gasteiger partial charge in [0.1, 0.15) is 0 Å². The fraction of sp³-hybridized carbons (Fsp3) is 1.00. The Morgan fingerprint density at radius 3 is 2.14 bits per heavy atom. The van der Waals surface area contributed by atoms with Crippen LogP contribution >= 0.6 is 0 Å². The maximum absolute atomic E-state index is 5.12. The summed E-state index contributed by atoms with van der Waals surface area (Å²) in [6, 6.07) is 0. The monoisotopic (exact) mass is 117 g/mol. The molecular formula is C4H11NOSi. The summed E-state index contributed by atoms with van der Waals surface area (Å²) >= 11 is 0. The van der Waals surface area contributed by atoms with Gasteiger partial charge in [-0.25, -0.2) is 0 Å². The predicted molar refractivity (Wildman–Crippen MR) is 32.3 cm³/mol. The zero-order valence-corrected chi connectivity index (χ0v) is 6.68. The molecule has 1 heterocycles. The highest BCUT2D eigenvalue weighted by atomic mass is 28.2. The second-order valence-corrected chi connectivity index (χ2v) is 3.18. The second-order valence-electron chi connectivity index (χ2n) is 1.92. The molecule has 0 amide bonds. The van der Waals surface area contributed by atoms with Crippen molar-refractivity contribution in [3.05, 3.63) is 0 Å². The Labute approximate surface area is 47.0 Å². The lowest BCUT2D eigenvalue weighted by molar-refractivity contribution is 0.0739. The van der Waals surface area contributed by atoms with Gasteiger partial charge in [0.2, 0.25) is 0 Å². The molecular weight excluding hydrogens is 106 g/mol. The lowest BCUT2D eigenvalue weighted by Crippen LogP contribution is -2.33. The van der Waals surface area contributed by atoms with Crippen LogP contribution in [0.2, 0.25) is 0 Å². The fourth-order valence-electron chi connectivity index (χ4n) is 0.655. The Balaban J connectivity index is 2.12. The van der Waals surface area contributed by atoms with Crippen molar-refractivity contribution < 1.29 is 4.74 Å². The lowest BCUT2D eigenvalue weighted by atomic mass is 10.5. The van der Waals surface area contributed by atoms with E-state index in [9.17, 15) is 0 Å². The van der Waals surface area contributed by atoms with Crippen LogP contribution in [0.4, 0.5) is 0 Å². The third-order valence-electron chi connectivity index (χ3n) is 1.23. The van der Waals surface area contributed by atoms with Gasteiger partial charge in [0.25, 0.3) is 0 Å². The van der Waals surface area contributed by atoms with Crippen LogP contribution in [0.1, 0.15) is 0 Å². The van der Waals surface area contributed by atoms with Crippen molar-refractivity contribution in [3.63, 3.8) is 0 Å². The minimum absolute atomic E-state index is 0.948. The van der Waals surface area contributed by atoms with E-state index in [1.165, 1.54) is 10.4 Å². The zero-order valence-electron chi connectivity index (χ0n) is 4.68. The summed E-state index contributed by atoms with van der Waals surface area (Å²) in [6.45, 7) is 4.21. The Morgan fingerprint density at radius 2 is 1.86 bits per heavy atom. The van der Waals surface area contributed by atoms with Gasteiger partial charge in [-0.05, 0) is 0 Å². The van der Waals surface area contributed by atoms with Crippen molar-refractivity contribution in [2.45, 2.75) is 0 Å². The minimum atomic E-state index is 0.948. The number of nitrogens with zero attached hydrogens (tertiary/aromatic N) is 1. The van der Waals surface area contributed by atoms with Crippen LogP contribution in [0, 0.1) is 0 Å². The standard InChI is InChI=1S/C4H11NOSi/c7-5-1-3-6-4-2-5/h1-4H2,7H3. The number of hydrogen-bond acceptors (Lipinski definition) is 2. The van der Waals surface area contributed by atoms with E-state index in [0.29, 0.717) is 0 Å². The highest BCUT2D eigenvalue weighted by molar-refractivity contribution is 6.04. The molecule has 3 heteroatoms. The van der Waals surface area contributed by atoms with E-state index in [1.807, 2.05) is 0 Å². The molecule has 0 aromatic carbocycles. The van der Waals surface area contributed by atoms with Gasteiger partial charge in [0.15, 0.2) is 0 Å². The Bertz CT molecular complexity index is 53.7. The van der Waals surface area contributed by atoms with Gasteiger partial charge in [-0.3, -0.25) is 0 Å². The maximum atomic E-state index is 5.12. The Hall–Kier alpha value is 0.137. The molecule has 0 aromatic rings. The average Bonchev–Trinajstić information content (AvgIpc) is 1.69. The van der Waals surface area contributed by atoms with E-state index in [0.717, 1.165) is 26.3 Å².